The number of phenols is 1. The third kappa shape index (κ3) is 10.0. The van der Waals surface area contributed by atoms with Gasteiger partial charge in [-0.15, -0.1) is 0 Å². The number of aliphatic hydroxyl groups excluding tert-OH is 3. The molecule has 0 unspecified atom stereocenters. The van der Waals surface area contributed by atoms with Crippen molar-refractivity contribution in [2.24, 2.45) is 23.7 Å². The van der Waals surface area contributed by atoms with Crippen LogP contribution in [0.5, 0.6) is 17.2 Å². The number of nitrogens with one attached hydrogen (secondary N) is 1. The summed E-state index contributed by atoms with van der Waals surface area (Å²) in [7, 11) is 1.43. The Morgan fingerprint density at radius 3 is 2.25 bits per heavy atom. The van der Waals surface area contributed by atoms with Crippen LogP contribution in [0.1, 0.15) is 81.7 Å². The number of ether oxygens (including phenoxy) is 5. The molecule has 4 aromatic rings. The molecule has 3 heterocycles. The van der Waals surface area contributed by atoms with E-state index in [-0.39, 0.29) is 79.9 Å². The van der Waals surface area contributed by atoms with Gasteiger partial charge in [0.2, 0.25) is 16.8 Å². The number of aromatic nitrogens is 1. The second kappa shape index (κ2) is 19.8. The van der Waals surface area contributed by atoms with E-state index in [2.05, 4.69) is 5.32 Å². The summed E-state index contributed by atoms with van der Waals surface area (Å²) in [6.07, 6.45) is 3.33. The third-order valence-corrected chi connectivity index (χ3v) is 13.2. The van der Waals surface area contributed by atoms with Gasteiger partial charge in [0.15, 0.2) is 22.4 Å². The Hall–Kier alpha value is -6.50. The minimum Gasteiger partial charge on any atom is -0.507 e. The molecular formula is C51H63N3O15. The SMILES string of the molecule is CO[C@H]1/C=C/O[C@@]2(C)Oc3c(C)c(O)c4c(=O)c(c5oc6cc(OCCN(C(C)=O)C(C)(C)C)cc(=O)c6nc5c4c3=C2O)NC(=O)/C(C)=C\C=C\[C@H](C)[C@H](O)[C@@H](C)[C@@H](O)[C@@H](C)[C@H](OC(C)=O)[C@@H]1C. The maximum absolute atomic E-state index is 14.8. The van der Waals surface area contributed by atoms with E-state index in [1.165, 1.54) is 72.3 Å². The summed E-state index contributed by atoms with van der Waals surface area (Å²) in [5, 5.41) is 49.0. The number of carbonyl (C=O) groups is 3. The molecule has 2 aliphatic rings. The fourth-order valence-corrected chi connectivity index (χ4v) is 9.17. The molecule has 2 aliphatic heterocycles. The molecule has 0 radical (unpaired) electrons. The average molecular weight is 958 g/mol. The molecule has 2 amide bonds. The zero-order valence-electron chi connectivity index (χ0n) is 41.2. The summed E-state index contributed by atoms with van der Waals surface area (Å²) in [5.74, 6) is -7.35. The van der Waals surface area contributed by atoms with Crippen LogP contribution in [0.2, 0.25) is 0 Å². The van der Waals surface area contributed by atoms with Crippen molar-refractivity contribution in [3.63, 3.8) is 0 Å². The molecular weight excluding hydrogens is 895 g/mol. The van der Waals surface area contributed by atoms with Gasteiger partial charge in [-0.05, 0) is 40.7 Å². The fraction of sp³-hybridized carbons (Fsp3) is 0.490. The Labute approximate surface area is 398 Å². The van der Waals surface area contributed by atoms with Crippen molar-refractivity contribution in [3.8, 4) is 17.2 Å². The number of anilines is 1. The molecule has 6 rings (SSSR count). The summed E-state index contributed by atoms with van der Waals surface area (Å²) in [4.78, 5) is 73.8. The number of amides is 2. The van der Waals surface area contributed by atoms with Gasteiger partial charge in [0.1, 0.15) is 41.2 Å². The predicted octanol–water partition coefficient (Wildman–Crippen LogP) is 5.59. The first-order chi connectivity index (χ1) is 32.2. The van der Waals surface area contributed by atoms with Crippen LogP contribution in [0.3, 0.4) is 0 Å². The molecule has 1 aromatic heterocycles. The molecule has 69 heavy (non-hydrogen) atoms. The smallest absolute Gasteiger partial charge is 0.307 e. The maximum atomic E-state index is 14.8. The molecule has 3 aromatic carbocycles. The van der Waals surface area contributed by atoms with Crippen LogP contribution in [0.25, 0.3) is 38.7 Å². The van der Waals surface area contributed by atoms with Crippen LogP contribution in [0, 0.1) is 30.6 Å². The zero-order chi connectivity index (χ0) is 51.2. The van der Waals surface area contributed by atoms with E-state index in [1.54, 1.807) is 44.7 Å². The standard InChI is InChI=1S/C51H63N3O15/c1-23-15-14-16-24(2)49(63)53-40-44(61)36-35(39-47(40)68-34-22-31(21-32(57)38(34)52-39)65-20-18-54(29(7)55)50(9,10)11)37-46(28(6)43(36)60)69-51(12,48(37)62)66-19-17-33(64-13)25(3)45(67-30(8)56)27(5)42(59)26(4)41(23)58/h14-17,19,21-23,25-27,33,41-42,45,58-60,62H,18,20H2,1-13H3,(H,53,63)/b15-14+,19-17+,24-16-/t23-,25+,26+,27+,33-,41-,42+,45+,51-/m0/s1. The van der Waals surface area contributed by atoms with Gasteiger partial charge >= 0.3 is 11.8 Å². The first kappa shape index (κ1) is 51.9. The second-order valence-electron chi connectivity index (χ2n) is 19.2. The molecule has 4 bridgehead atoms. The number of rotatable bonds is 6. The molecule has 5 N–H and O–H groups in total. The van der Waals surface area contributed by atoms with Crippen LogP contribution in [-0.4, -0.2) is 104 Å². The highest BCUT2D eigenvalue weighted by molar-refractivity contribution is 6.16. The van der Waals surface area contributed by atoms with Gasteiger partial charge in [0, 0.05) is 85.7 Å². The molecule has 18 heteroatoms. The number of hydrogen-bond donors (Lipinski definition) is 5. The molecule has 0 aliphatic carbocycles. The Kier molecular flexibility index (Phi) is 14.9. The van der Waals surface area contributed by atoms with E-state index in [4.69, 9.17) is 33.1 Å². The van der Waals surface area contributed by atoms with Gasteiger partial charge in [0.05, 0.1) is 41.7 Å². The van der Waals surface area contributed by atoms with Gasteiger partial charge in [0.25, 0.3) is 5.91 Å². The summed E-state index contributed by atoms with van der Waals surface area (Å²) in [5.41, 5.74) is -3.35. The fourth-order valence-electron chi connectivity index (χ4n) is 9.17. The highest BCUT2D eigenvalue weighted by atomic mass is 16.7. The number of aliphatic hydroxyl groups is 3. The van der Waals surface area contributed by atoms with Crippen LogP contribution >= 0.6 is 0 Å². The largest absolute Gasteiger partial charge is 0.507 e. The highest BCUT2D eigenvalue weighted by Gasteiger charge is 2.44. The number of nitrogens with zero attached hydrogens (tertiary/aromatic N) is 2. The number of carbonyl (C=O) groups excluding carboxylic acids is 3. The van der Waals surface area contributed by atoms with Crippen molar-refractivity contribution in [1.29, 1.82) is 0 Å². The Bertz CT molecular complexity index is 2970. The lowest BCUT2D eigenvalue weighted by atomic mass is 9.78. The zero-order valence-corrected chi connectivity index (χ0v) is 41.2. The topological polar surface area (TPSA) is 254 Å². The van der Waals surface area contributed by atoms with Gasteiger partial charge in [-0.2, -0.15) is 0 Å². The Balaban J connectivity index is 1.60. The van der Waals surface area contributed by atoms with Crippen LogP contribution in [0.4, 0.5) is 5.69 Å². The third-order valence-electron chi connectivity index (χ3n) is 13.2. The van der Waals surface area contributed by atoms with E-state index in [0.717, 1.165) is 0 Å². The molecule has 0 spiro atoms. The van der Waals surface area contributed by atoms with Crippen LogP contribution < -0.4 is 30.9 Å². The molecule has 372 valence electrons. The molecule has 0 saturated heterocycles. The quantitative estimate of drug-likeness (QED) is 0.0898. The van der Waals surface area contributed by atoms with Crippen molar-refractivity contribution in [2.75, 3.05) is 25.6 Å². The first-order valence-electron chi connectivity index (χ1n) is 22.8. The van der Waals surface area contributed by atoms with Crippen LogP contribution in [-0.2, 0) is 28.6 Å². The summed E-state index contributed by atoms with van der Waals surface area (Å²) in [6.45, 7) is 19.7. The number of allylic oxidation sites excluding steroid dienone is 2. The number of methoxy groups -OCH3 is 1. The van der Waals surface area contributed by atoms with Crippen molar-refractivity contribution in [3.05, 3.63) is 79.5 Å². The second-order valence-corrected chi connectivity index (χ2v) is 19.2. The van der Waals surface area contributed by atoms with E-state index in [1.807, 2.05) is 20.8 Å². The van der Waals surface area contributed by atoms with Crippen molar-refractivity contribution < 1.29 is 62.9 Å². The molecule has 9 atom stereocenters. The monoisotopic (exact) mass is 957 g/mol. The number of benzene rings is 3. The minimum atomic E-state index is -2.02. The van der Waals surface area contributed by atoms with E-state index in [9.17, 15) is 44.4 Å². The lowest BCUT2D eigenvalue weighted by molar-refractivity contribution is -0.160. The van der Waals surface area contributed by atoms with Crippen LogP contribution in [0.15, 0.2) is 62.3 Å². The number of phenolic OH excluding ortho intramolecular Hbond substituents is 1. The van der Waals surface area contributed by atoms with Crippen molar-refractivity contribution in [1.82, 2.24) is 9.88 Å². The van der Waals surface area contributed by atoms with Crippen molar-refractivity contribution in [2.45, 2.75) is 119 Å². The number of hydrogen-bond acceptors (Lipinski definition) is 16. The molecule has 18 nitrogen and oxygen atoms in total. The lowest BCUT2D eigenvalue weighted by Crippen LogP contribution is -2.46. The lowest BCUT2D eigenvalue weighted by Gasteiger charge is -2.38. The van der Waals surface area contributed by atoms with E-state index < -0.39 is 99.3 Å². The first-order valence-corrected chi connectivity index (χ1v) is 22.8. The maximum Gasteiger partial charge on any atom is 0.307 e. The predicted molar refractivity (Wildman–Crippen MR) is 258 cm³/mol. The minimum absolute atomic E-state index is 0.00724. The average Bonchev–Trinajstić information content (AvgIpc) is 3.54. The van der Waals surface area contributed by atoms with Gasteiger partial charge < -0.3 is 58.7 Å². The molecule has 0 saturated carbocycles. The molecule has 0 fully saturated rings. The van der Waals surface area contributed by atoms with E-state index in [0.29, 0.717) is 0 Å². The summed E-state index contributed by atoms with van der Waals surface area (Å²) < 4.78 is 36.2. The van der Waals surface area contributed by atoms with E-state index >= 15 is 0 Å². The van der Waals surface area contributed by atoms with Gasteiger partial charge in [-0.3, -0.25) is 24.0 Å². The number of aromatic hydroxyl groups is 1. The normalized spacial score (nSPS) is 27.6. The van der Waals surface area contributed by atoms with Crippen molar-refractivity contribution >= 4 is 62.2 Å². The van der Waals surface area contributed by atoms with Gasteiger partial charge in [-0.1, -0.05) is 45.9 Å². The summed E-state index contributed by atoms with van der Waals surface area (Å²) >= 11 is 0. The van der Waals surface area contributed by atoms with Gasteiger partial charge in [-0.25, -0.2) is 4.98 Å². The Morgan fingerprint density at radius 2 is 1.62 bits per heavy atom. The highest BCUT2D eigenvalue weighted by Crippen LogP contribution is 2.42. The Morgan fingerprint density at radius 1 is 0.942 bits per heavy atom. The number of fused-ring (bicyclic) bond motifs is 2. The number of esters is 1. The summed E-state index contributed by atoms with van der Waals surface area (Å²) in [6, 6.07) is 2.57.